The maximum absolute atomic E-state index is 9.04. The molecule has 2 aromatic rings. The molecule has 0 aliphatic rings. The average Bonchev–Trinajstić information content (AvgIpc) is 2.45. The van der Waals surface area contributed by atoms with E-state index in [1.54, 1.807) is 0 Å². The van der Waals surface area contributed by atoms with E-state index in [1.807, 2.05) is 48.5 Å². The Kier molecular flexibility index (Phi) is 4.57. The van der Waals surface area contributed by atoms with Crippen molar-refractivity contribution in [1.29, 1.82) is 5.26 Å². The van der Waals surface area contributed by atoms with Crippen molar-refractivity contribution in [2.75, 3.05) is 0 Å². The molecule has 0 aliphatic heterocycles. The molecule has 96 valence electrons. The van der Waals surface area contributed by atoms with Gasteiger partial charge in [-0.2, -0.15) is 5.26 Å². The fourth-order valence-corrected chi connectivity index (χ4v) is 2.04. The fourth-order valence-electron chi connectivity index (χ4n) is 1.92. The Morgan fingerprint density at radius 3 is 2.53 bits per heavy atom. The predicted molar refractivity (Wildman–Crippen MR) is 77.9 cm³/mol. The molecule has 0 amide bonds. The monoisotopic (exact) mass is 270 g/mol. The minimum atomic E-state index is 0.212. The molecule has 0 spiro atoms. The van der Waals surface area contributed by atoms with Gasteiger partial charge in [0.1, 0.15) is 0 Å². The van der Waals surface area contributed by atoms with Crippen LogP contribution in [0.1, 0.15) is 29.7 Å². The number of rotatable bonds is 4. The molecular formula is C16H15ClN2. The lowest BCUT2D eigenvalue weighted by molar-refractivity contribution is 0.574. The van der Waals surface area contributed by atoms with Crippen LogP contribution in [0, 0.1) is 11.3 Å². The first kappa shape index (κ1) is 13.6. The highest BCUT2D eigenvalue weighted by Crippen LogP contribution is 2.17. The molecular weight excluding hydrogens is 256 g/mol. The molecule has 0 aliphatic carbocycles. The highest BCUT2D eigenvalue weighted by Gasteiger charge is 2.06. The van der Waals surface area contributed by atoms with Crippen LogP contribution in [0.4, 0.5) is 0 Å². The summed E-state index contributed by atoms with van der Waals surface area (Å²) in [6.07, 6.45) is 0. The maximum atomic E-state index is 9.04. The molecule has 0 heterocycles. The van der Waals surface area contributed by atoms with Crippen molar-refractivity contribution in [3.63, 3.8) is 0 Å². The zero-order valence-electron chi connectivity index (χ0n) is 10.7. The van der Waals surface area contributed by atoms with Crippen molar-refractivity contribution in [3.05, 3.63) is 70.2 Å². The zero-order valence-corrected chi connectivity index (χ0v) is 11.5. The van der Waals surface area contributed by atoms with Crippen molar-refractivity contribution in [1.82, 2.24) is 5.32 Å². The summed E-state index contributed by atoms with van der Waals surface area (Å²) < 4.78 is 0. The first-order chi connectivity index (χ1) is 9.20. The van der Waals surface area contributed by atoms with Crippen LogP contribution in [0.3, 0.4) is 0 Å². The third-order valence-corrected chi connectivity index (χ3v) is 3.36. The molecule has 0 aromatic heterocycles. The second kappa shape index (κ2) is 6.38. The molecule has 1 N–H and O–H groups in total. The van der Waals surface area contributed by atoms with Crippen molar-refractivity contribution >= 4 is 11.6 Å². The van der Waals surface area contributed by atoms with Gasteiger partial charge in [-0.25, -0.2) is 0 Å². The number of halogens is 1. The van der Waals surface area contributed by atoms with Crippen LogP contribution in [-0.2, 0) is 6.54 Å². The molecule has 2 nitrogen and oxygen atoms in total. The van der Waals surface area contributed by atoms with Crippen LogP contribution in [0.2, 0.25) is 5.02 Å². The molecule has 19 heavy (non-hydrogen) atoms. The first-order valence-corrected chi connectivity index (χ1v) is 6.55. The van der Waals surface area contributed by atoms with Gasteiger partial charge >= 0.3 is 0 Å². The molecule has 2 rings (SSSR count). The number of hydrogen-bond donors (Lipinski definition) is 1. The number of benzene rings is 2. The van der Waals surface area contributed by atoms with Gasteiger partial charge in [-0.15, -0.1) is 0 Å². The number of nitriles is 1. The summed E-state index contributed by atoms with van der Waals surface area (Å²) in [5.41, 5.74) is 2.92. The largest absolute Gasteiger partial charge is 0.306 e. The molecule has 0 fully saturated rings. The molecule has 1 atom stereocenters. The van der Waals surface area contributed by atoms with Crippen LogP contribution in [0.25, 0.3) is 0 Å². The van der Waals surface area contributed by atoms with Crippen LogP contribution in [0.15, 0.2) is 48.5 Å². The van der Waals surface area contributed by atoms with E-state index in [0.29, 0.717) is 6.54 Å². The Morgan fingerprint density at radius 2 is 1.84 bits per heavy atom. The molecule has 2 aromatic carbocycles. The van der Waals surface area contributed by atoms with Crippen molar-refractivity contribution in [2.24, 2.45) is 0 Å². The quantitative estimate of drug-likeness (QED) is 0.909. The highest BCUT2D eigenvalue weighted by atomic mass is 35.5. The fraction of sp³-hybridized carbons (Fsp3) is 0.188. The second-order valence-electron chi connectivity index (χ2n) is 4.42. The number of nitrogens with one attached hydrogen (secondary N) is 1. The number of hydrogen-bond acceptors (Lipinski definition) is 2. The van der Waals surface area contributed by atoms with E-state index in [4.69, 9.17) is 16.9 Å². The Bertz CT molecular complexity index is 584. The predicted octanol–water partition coefficient (Wildman–Crippen LogP) is 4.06. The van der Waals surface area contributed by atoms with Crippen molar-refractivity contribution in [3.8, 4) is 6.07 Å². The van der Waals surface area contributed by atoms with Crippen LogP contribution in [-0.4, -0.2) is 0 Å². The Labute approximate surface area is 118 Å². The van der Waals surface area contributed by atoms with Crippen molar-refractivity contribution < 1.29 is 0 Å². The lowest BCUT2D eigenvalue weighted by atomic mass is 10.1. The van der Waals surface area contributed by atoms with E-state index in [0.717, 1.165) is 16.1 Å². The first-order valence-electron chi connectivity index (χ1n) is 6.17. The average molecular weight is 271 g/mol. The van der Waals surface area contributed by atoms with Crippen LogP contribution in [0.5, 0.6) is 0 Å². The summed E-state index contributed by atoms with van der Waals surface area (Å²) in [5.74, 6) is 0. The summed E-state index contributed by atoms with van der Waals surface area (Å²) in [4.78, 5) is 0. The van der Waals surface area contributed by atoms with E-state index < -0.39 is 0 Å². The maximum Gasteiger partial charge on any atom is 0.0995 e. The van der Waals surface area contributed by atoms with E-state index in [2.05, 4.69) is 18.3 Å². The normalized spacial score (nSPS) is 11.8. The third-order valence-electron chi connectivity index (χ3n) is 3.11. The van der Waals surface area contributed by atoms with E-state index in [1.165, 1.54) is 5.56 Å². The molecule has 1 unspecified atom stereocenters. The van der Waals surface area contributed by atoms with Gasteiger partial charge in [0.25, 0.3) is 0 Å². The van der Waals surface area contributed by atoms with E-state index in [-0.39, 0.29) is 6.04 Å². The summed E-state index contributed by atoms with van der Waals surface area (Å²) in [6, 6.07) is 17.9. The van der Waals surface area contributed by atoms with E-state index >= 15 is 0 Å². The minimum Gasteiger partial charge on any atom is -0.306 e. The lowest BCUT2D eigenvalue weighted by Gasteiger charge is -2.15. The summed E-state index contributed by atoms with van der Waals surface area (Å²) in [7, 11) is 0. The lowest BCUT2D eigenvalue weighted by Crippen LogP contribution is -2.18. The van der Waals surface area contributed by atoms with Gasteiger partial charge in [0.05, 0.1) is 11.6 Å². The second-order valence-corrected chi connectivity index (χ2v) is 4.86. The standard InChI is InChI=1S/C16H15ClN2/c1-12(13-6-8-16(17)9-7-13)19-11-15-5-3-2-4-14(15)10-18/h2-9,12,19H,11H2,1H3. The van der Waals surface area contributed by atoms with Gasteiger partial charge in [-0.05, 0) is 36.2 Å². The third kappa shape index (κ3) is 3.57. The zero-order chi connectivity index (χ0) is 13.7. The number of nitrogens with zero attached hydrogens (tertiary/aromatic N) is 1. The molecule has 3 heteroatoms. The van der Waals surface area contributed by atoms with Crippen LogP contribution >= 0.6 is 11.6 Å². The van der Waals surface area contributed by atoms with Gasteiger partial charge in [0.15, 0.2) is 0 Å². The SMILES string of the molecule is CC(NCc1ccccc1C#N)c1ccc(Cl)cc1. The molecule has 0 radical (unpaired) electrons. The molecule has 0 saturated carbocycles. The van der Waals surface area contributed by atoms with E-state index in [9.17, 15) is 0 Å². The topological polar surface area (TPSA) is 35.8 Å². The molecule has 0 bridgehead atoms. The van der Waals surface area contributed by atoms with Gasteiger partial charge in [-0.1, -0.05) is 41.9 Å². The van der Waals surface area contributed by atoms with Gasteiger partial charge in [0.2, 0.25) is 0 Å². The summed E-state index contributed by atoms with van der Waals surface area (Å²) in [5, 5.41) is 13.2. The van der Waals surface area contributed by atoms with Gasteiger partial charge in [0, 0.05) is 17.6 Å². The van der Waals surface area contributed by atoms with Crippen molar-refractivity contribution in [2.45, 2.75) is 19.5 Å². The Morgan fingerprint density at radius 1 is 1.16 bits per heavy atom. The van der Waals surface area contributed by atoms with Crippen LogP contribution < -0.4 is 5.32 Å². The summed E-state index contributed by atoms with van der Waals surface area (Å²) in [6.45, 7) is 2.77. The Hall–Kier alpha value is -1.82. The minimum absolute atomic E-state index is 0.212. The summed E-state index contributed by atoms with van der Waals surface area (Å²) >= 11 is 5.87. The molecule has 0 saturated heterocycles. The van der Waals surface area contributed by atoms with Gasteiger partial charge in [-0.3, -0.25) is 0 Å². The highest BCUT2D eigenvalue weighted by molar-refractivity contribution is 6.30. The smallest absolute Gasteiger partial charge is 0.0995 e. The van der Waals surface area contributed by atoms with Gasteiger partial charge < -0.3 is 5.32 Å². The Balaban J connectivity index is 2.02.